The van der Waals surface area contributed by atoms with Crippen LogP contribution in [0.2, 0.25) is 18.1 Å². The fourth-order valence-electron chi connectivity index (χ4n) is 5.69. The first-order valence-electron chi connectivity index (χ1n) is 12.3. The topological polar surface area (TPSA) is 9.23 Å². The second-order valence-electron chi connectivity index (χ2n) is 9.79. The van der Waals surface area contributed by atoms with E-state index in [0.29, 0.717) is 5.92 Å². The average molecular weight is 441 g/mol. The van der Waals surface area contributed by atoms with Crippen LogP contribution in [0.25, 0.3) is 0 Å². The molecule has 1 heterocycles. The van der Waals surface area contributed by atoms with Crippen LogP contribution in [0.5, 0.6) is 5.75 Å². The largest absolute Gasteiger partial charge is 0.573 e. The lowest BCUT2D eigenvalue weighted by Crippen LogP contribution is -2.22. The summed E-state index contributed by atoms with van der Waals surface area (Å²) in [5.41, 5.74) is 1.16. The van der Waals surface area contributed by atoms with Gasteiger partial charge in [0.2, 0.25) is 0 Å². The maximum absolute atomic E-state index is 12.3. The molecule has 1 aliphatic carbocycles. The van der Waals surface area contributed by atoms with Gasteiger partial charge in [-0.3, -0.25) is 0 Å². The molecule has 0 atom stereocenters. The van der Waals surface area contributed by atoms with Crippen LogP contribution in [0.3, 0.4) is 0 Å². The number of ether oxygens (including phenoxy) is 1. The molecule has 1 nitrogen and oxygen atoms in total. The second-order valence-corrected chi connectivity index (χ2v) is 13.3. The van der Waals surface area contributed by atoms with E-state index in [4.69, 9.17) is 0 Å². The van der Waals surface area contributed by atoms with Crippen LogP contribution in [0.4, 0.5) is 13.2 Å². The number of hydrogen-bond donors (Lipinski definition) is 0. The Kier molecular flexibility index (Phi) is 9.15. The summed E-state index contributed by atoms with van der Waals surface area (Å²) in [6, 6.07) is 11.3. The van der Waals surface area contributed by atoms with Gasteiger partial charge < -0.3 is 4.74 Å². The number of rotatable bonds is 9. The molecule has 2 aliphatic rings. The van der Waals surface area contributed by atoms with E-state index >= 15 is 0 Å². The first kappa shape index (κ1) is 23.7. The van der Waals surface area contributed by atoms with Crippen LogP contribution in [0, 0.1) is 11.8 Å². The molecule has 1 aliphatic heterocycles. The average Bonchev–Trinajstić information content (AvgIpc) is 2.73. The zero-order valence-electron chi connectivity index (χ0n) is 18.6. The van der Waals surface area contributed by atoms with Crippen molar-refractivity contribution in [3.63, 3.8) is 0 Å². The Morgan fingerprint density at radius 2 is 1.47 bits per heavy atom. The minimum atomic E-state index is -4.62. The highest BCUT2D eigenvalue weighted by atomic mass is 28.3. The number of hydrogen-bond acceptors (Lipinski definition) is 1. The summed E-state index contributed by atoms with van der Waals surface area (Å²) in [6.45, 7) is 2.30. The molecule has 0 amide bonds. The molecular formula is C25H39F3OSi. The van der Waals surface area contributed by atoms with Crippen molar-refractivity contribution in [3.05, 3.63) is 29.8 Å². The van der Waals surface area contributed by atoms with E-state index in [1.165, 1.54) is 82.8 Å². The van der Waals surface area contributed by atoms with Gasteiger partial charge in [0, 0.05) is 8.80 Å². The Labute approximate surface area is 182 Å². The van der Waals surface area contributed by atoms with Gasteiger partial charge in [0.25, 0.3) is 0 Å². The van der Waals surface area contributed by atoms with Crippen LogP contribution in [-0.2, 0) is 0 Å². The van der Waals surface area contributed by atoms with Gasteiger partial charge in [-0.15, -0.1) is 13.2 Å². The van der Waals surface area contributed by atoms with Crippen LogP contribution >= 0.6 is 0 Å². The molecule has 0 unspecified atom stereocenters. The Hall–Kier alpha value is -0.973. The molecule has 5 heteroatoms. The van der Waals surface area contributed by atoms with Gasteiger partial charge in [-0.2, -0.15) is 0 Å². The summed E-state index contributed by atoms with van der Waals surface area (Å²) in [4.78, 5) is 0. The van der Waals surface area contributed by atoms with Crippen molar-refractivity contribution in [2.24, 2.45) is 11.8 Å². The highest BCUT2D eigenvalue weighted by molar-refractivity contribution is 6.58. The molecule has 1 saturated heterocycles. The fourth-order valence-corrected chi connectivity index (χ4v) is 9.31. The molecule has 0 bridgehead atoms. The van der Waals surface area contributed by atoms with E-state index in [1.54, 1.807) is 18.1 Å². The van der Waals surface area contributed by atoms with Crippen molar-refractivity contribution in [1.82, 2.24) is 0 Å². The van der Waals surface area contributed by atoms with Gasteiger partial charge >= 0.3 is 6.36 Å². The molecule has 0 radical (unpaired) electrons. The van der Waals surface area contributed by atoms with Crippen LogP contribution < -0.4 is 4.74 Å². The zero-order valence-corrected chi connectivity index (χ0v) is 19.7. The van der Waals surface area contributed by atoms with Crippen molar-refractivity contribution < 1.29 is 17.9 Å². The summed E-state index contributed by atoms with van der Waals surface area (Å²) in [5, 5.41) is 0. The third-order valence-corrected chi connectivity index (χ3v) is 11.1. The van der Waals surface area contributed by atoms with Crippen molar-refractivity contribution >= 4 is 8.80 Å². The lowest BCUT2D eigenvalue weighted by Gasteiger charge is -2.32. The zero-order chi connectivity index (χ0) is 21.4. The Bertz CT molecular complexity index is 600. The van der Waals surface area contributed by atoms with Crippen molar-refractivity contribution in [1.29, 1.82) is 0 Å². The molecule has 1 aromatic rings. The minimum absolute atomic E-state index is 0.122. The van der Waals surface area contributed by atoms with Crippen molar-refractivity contribution in [2.45, 2.75) is 108 Å². The van der Waals surface area contributed by atoms with E-state index in [2.05, 4.69) is 11.7 Å². The van der Waals surface area contributed by atoms with Gasteiger partial charge in [-0.05, 0) is 61.1 Å². The highest BCUT2D eigenvalue weighted by Crippen LogP contribution is 2.40. The quantitative estimate of drug-likeness (QED) is 0.276. The number of benzene rings is 1. The van der Waals surface area contributed by atoms with E-state index in [1.807, 2.05) is 12.1 Å². The molecule has 0 N–H and O–H groups in total. The standard InChI is InChI=1S/C25H39F3OSi/c1-2-3-4-17-30-18-15-21(16-19-30)6-5-20-7-9-22(10-8-20)23-11-13-24(14-12-23)29-25(26,27)28/h11-14,20-22,30H,2-10,15-19H2,1H3/t20?,21-,22?,30-. The van der Waals surface area contributed by atoms with Gasteiger partial charge in [-0.1, -0.05) is 82.1 Å². The number of halogens is 3. The van der Waals surface area contributed by atoms with E-state index in [0.717, 1.165) is 17.4 Å². The van der Waals surface area contributed by atoms with E-state index in [9.17, 15) is 13.2 Å². The highest BCUT2D eigenvalue weighted by Gasteiger charge is 2.31. The molecular weight excluding hydrogens is 401 g/mol. The van der Waals surface area contributed by atoms with Crippen LogP contribution in [0.1, 0.15) is 89.0 Å². The summed E-state index contributed by atoms with van der Waals surface area (Å²) in [7, 11) is -0.386. The SMILES string of the molecule is CCCCC[Si@H]1CC[C@H](CCC2CCC(c3ccc(OC(F)(F)F)cc3)CC2)CC1. The van der Waals surface area contributed by atoms with Gasteiger partial charge in [0.1, 0.15) is 5.75 Å². The number of alkyl halides is 3. The minimum Gasteiger partial charge on any atom is -0.406 e. The first-order chi connectivity index (χ1) is 14.4. The van der Waals surface area contributed by atoms with Gasteiger partial charge in [0.05, 0.1) is 0 Å². The monoisotopic (exact) mass is 440 g/mol. The lowest BCUT2D eigenvalue weighted by atomic mass is 9.76. The Morgan fingerprint density at radius 3 is 2.03 bits per heavy atom. The third kappa shape index (κ3) is 7.94. The number of unbranched alkanes of at least 4 members (excludes halogenated alkanes) is 2. The van der Waals surface area contributed by atoms with Crippen molar-refractivity contribution in [2.75, 3.05) is 0 Å². The molecule has 0 spiro atoms. The normalized spacial score (nSPS) is 27.7. The second kappa shape index (κ2) is 11.6. The molecule has 170 valence electrons. The molecule has 30 heavy (non-hydrogen) atoms. The summed E-state index contributed by atoms with van der Waals surface area (Å²) >= 11 is 0. The third-order valence-electron chi connectivity index (χ3n) is 7.60. The first-order valence-corrected chi connectivity index (χ1v) is 14.7. The predicted octanol–water partition coefficient (Wildman–Crippen LogP) is 8.47. The van der Waals surface area contributed by atoms with Gasteiger partial charge in [0.15, 0.2) is 0 Å². The van der Waals surface area contributed by atoms with Crippen LogP contribution in [-0.4, -0.2) is 15.2 Å². The molecule has 0 aromatic heterocycles. The molecule has 3 rings (SSSR count). The van der Waals surface area contributed by atoms with Crippen molar-refractivity contribution in [3.8, 4) is 5.75 Å². The smallest absolute Gasteiger partial charge is 0.406 e. The van der Waals surface area contributed by atoms with E-state index in [-0.39, 0.29) is 14.5 Å². The predicted molar refractivity (Wildman–Crippen MR) is 121 cm³/mol. The van der Waals surface area contributed by atoms with Gasteiger partial charge in [-0.25, -0.2) is 0 Å². The Morgan fingerprint density at radius 1 is 0.867 bits per heavy atom. The summed E-state index contributed by atoms with van der Waals surface area (Å²) < 4.78 is 40.9. The molecule has 1 aromatic carbocycles. The summed E-state index contributed by atoms with van der Waals surface area (Å²) in [6.07, 6.45) is 10.4. The maximum Gasteiger partial charge on any atom is 0.573 e. The van der Waals surface area contributed by atoms with E-state index < -0.39 is 6.36 Å². The Balaban J connectivity index is 1.32. The summed E-state index contributed by atoms with van der Waals surface area (Å²) in [5.74, 6) is 2.21. The maximum atomic E-state index is 12.3. The lowest BCUT2D eigenvalue weighted by molar-refractivity contribution is -0.274. The van der Waals surface area contributed by atoms with Crippen LogP contribution in [0.15, 0.2) is 24.3 Å². The molecule has 1 saturated carbocycles. The molecule has 2 fully saturated rings. The fraction of sp³-hybridized carbons (Fsp3) is 0.760.